The number of hydrogen-bond donors (Lipinski definition) is 2. The van der Waals surface area contributed by atoms with E-state index in [1.54, 1.807) is 13.8 Å². The molecule has 0 atom stereocenters. The Morgan fingerprint density at radius 2 is 1.75 bits per heavy atom. The van der Waals surface area contributed by atoms with Crippen LogP contribution in [0.1, 0.15) is 25.1 Å². The molecular weight excluding hydrogens is 404 g/mol. The van der Waals surface area contributed by atoms with Crippen molar-refractivity contribution in [2.75, 3.05) is 6.61 Å². The van der Waals surface area contributed by atoms with Gasteiger partial charge in [-0.05, 0) is 57.3 Å². The molecule has 7 nitrogen and oxygen atoms in total. The van der Waals surface area contributed by atoms with E-state index in [2.05, 4.69) is 10.3 Å². The number of amides is 1. The highest BCUT2D eigenvalue weighted by Gasteiger charge is 2.14. The molecule has 0 aliphatic heterocycles. The number of nitrogens with zero attached hydrogens (tertiary/aromatic N) is 2. The van der Waals surface area contributed by atoms with E-state index in [9.17, 15) is 9.59 Å². The SMILES string of the molecule is CC(=Nc1ccc(C)cc1)C(NC(=O)COC(=O)Cn1c(C)cc2ccccc21)=C(C)N. The van der Waals surface area contributed by atoms with Crippen molar-refractivity contribution in [2.24, 2.45) is 10.7 Å². The quantitative estimate of drug-likeness (QED) is 0.437. The van der Waals surface area contributed by atoms with Crippen molar-refractivity contribution in [1.82, 2.24) is 9.88 Å². The van der Waals surface area contributed by atoms with Crippen LogP contribution in [0.25, 0.3) is 10.9 Å². The highest BCUT2D eigenvalue weighted by molar-refractivity contribution is 6.03. The fraction of sp³-hybridized carbons (Fsp3) is 0.240. The van der Waals surface area contributed by atoms with Crippen molar-refractivity contribution < 1.29 is 14.3 Å². The van der Waals surface area contributed by atoms with Gasteiger partial charge >= 0.3 is 5.97 Å². The topological polar surface area (TPSA) is 98.7 Å². The Bertz CT molecular complexity index is 1200. The van der Waals surface area contributed by atoms with Crippen molar-refractivity contribution in [2.45, 2.75) is 34.2 Å². The summed E-state index contributed by atoms with van der Waals surface area (Å²) in [4.78, 5) is 29.3. The molecule has 0 spiro atoms. The van der Waals surface area contributed by atoms with E-state index in [4.69, 9.17) is 10.5 Å². The summed E-state index contributed by atoms with van der Waals surface area (Å²) in [5, 5.41) is 3.75. The summed E-state index contributed by atoms with van der Waals surface area (Å²) in [5.74, 6) is -0.977. The summed E-state index contributed by atoms with van der Waals surface area (Å²) in [7, 11) is 0. The van der Waals surface area contributed by atoms with E-state index in [0.29, 0.717) is 17.1 Å². The summed E-state index contributed by atoms with van der Waals surface area (Å²) in [6.45, 7) is 6.98. The van der Waals surface area contributed by atoms with Crippen molar-refractivity contribution in [3.63, 3.8) is 0 Å². The van der Waals surface area contributed by atoms with Gasteiger partial charge in [-0.3, -0.25) is 14.6 Å². The number of aliphatic imine (C=N–C) groups is 1. The van der Waals surface area contributed by atoms with Crippen molar-refractivity contribution >= 4 is 34.2 Å². The van der Waals surface area contributed by atoms with E-state index < -0.39 is 18.5 Å². The second kappa shape index (κ2) is 9.96. The zero-order valence-electron chi connectivity index (χ0n) is 18.8. The van der Waals surface area contributed by atoms with Crippen molar-refractivity contribution in [3.8, 4) is 0 Å². The number of benzene rings is 2. The van der Waals surface area contributed by atoms with Crippen LogP contribution in [0.15, 0.2) is 71.0 Å². The number of fused-ring (bicyclic) bond motifs is 1. The maximum atomic E-state index is 12.4. The number of esters is 1. The normalized spacial score (nSPS) is 12.4. The number of hydrogen-bond acceptors (Lipinski definition) is 5. The Kier molecular flexibility index (Phi) is 7.10. The van der Waals surface area contributed by atoms with Gasteiger partial charge in [0, 0.05) is 16.9 Å². The summed E-state index contributed by atoms with van der Waals surface area (Å²) in [5.41, 5.74) is 11.1. The van der Waals surface area contributed by atoms with Gasteiger partial charge < -0.3 is 20.4 Å². The van der Waals surface area contributed by atoms with Crippen LogP contribution in [0.2, 0.25) is 0 Å². The fourth-order valence-corrected chi connectivity index (χ4v) is 3.40. The third-order valence-electron chi connectivity index (χ3n) is 5.02. The zero-order valence-corrected chi connectivity index (χ0v) is 18.8. The molecule has 1 aromatic heterocycles. The van der Waals surface area contributed by atoms with Gasteiger partial charge in [-0.15, -0.1) is 0 Å². The molecule has 1 amide bonds. The van der Waals surface area contributed by atoms with Gasteiger partial charge in [-0.1, -0.05) is 35.9 Å². The zero-order chi connectivity index (χ0) is 23.3. The average Bonchev–Trinajstić information content (AvgIpc) is 3.07. The number of para-hydroxylation sites is 1. The first kappa shape index (κ1) is 22.8. The molecule has 0 saturated carbocycles. The molecule has 0 saturated heterocycles. The number of allylic oxidation sites excluding steroid dienone is 2. The second-order valence-corrected chi connectivity index (χ2v) is 7.73. The third kappa shape index (κ3) is 5.63. The predicted octanol–water partition coefficient (Wildman–Crippen LogP) is 3.90. The maximum absolute atomic E-state index is 12.4. The lowest BCUT2D eigenvalue weighted by Gasteiger charge is -2.13. The molecule has 0 aliphatic carbocycles. The number of nitrogens with one attached hydrogen (secondary N) is 1. The Morgan fingerprint density at radius 3 is 2.44 bits per heavy atom. The van der Waals surface area contributed by atoms with Crippen molar-refractivity contribution in [1.29, 1.82) is 0 Å². The molecular formula is C25H28N4O3. The standard InChI is InChI=1S/C25H28N4O3/c1-16-9-11-21(12-10-16)27-19(4)25(18(3)26)28-23(30)15-32-24(31)14-29-17(2)13-20-7-5-6-8-22(20)29/h5-13H,14-15,26H2,1-4H3,(H,28,30). The highest BCUT2D eigenvalue weighted by Crippen LogP contribution is 2.19. The van der Waals surface area contributed by atoms with E-state index in [0.717, 1.165) is 27.8 Å². The monoisotopic (exact) mass is 432 g/mol. The van der Waals surface area contributed by atoms with Gasteiger partial charge in [0.15, 0.2) is 6.61 Å². The molecule has 1 heterocycles. The van der Waals surface area contributed by atoms with E-state index >= 15 is 0 Å². The van der Waals surface area contributed by atoms with Crippen LogP contribution >= 0.6 is 0 Å². The number of carbonyl (C=O) groups is 2. The molecule has 7 heteroatoms. The first-order chi connectivity index (χ1) is 15.2. The minimum Gasteiger partial charge on any atom is -0.454 e. The van der Waals surface area contributed by atoms with Crippen LogP contribution < -0.4 is 11.1 Å². The van der Waals surface area contributed by atoms with Crippen LogP contribution in [0, 0.1) is 13.8 Å². The summed E-state index contributed by atoms with van der Waals surface area (Å²) < 4.78 is 7.06. The van der Waals surface area contributed by atoms with E-state index in [-0.39, 0.29) is 6.54 Å². The number of carbonyl (C=O) groups excluding carboxylic acids is 2. The lowest BCUT2D eigenvalue weighted by Crippen LogP contribution is -2.33. The molecule has 0 radical (unpaired) electrons. The van der Waals surface area contributed by atoms with E-state index in [1.807, 2.05) is 73.0 Å². The highest BCUT2D eigenvalue weighted by atomic mass is 16.5. The third-order valence-corrected chi connectivity index (χ3v) is 5.02. The molecule has 3 rings (SSSR count). The minimum absolute atomic E-state index is 0.0269. The summed E-state index contributed by atoms with van der Waals surface area (Å²) in [6.07, 6.45) is 0. The molecule has 32 heavy (non-hydrogen) atoms. The van der Waals surface area contributed by atoms with Gasteiger partial charge in [0.1, 0.15) is 6.54 Å². The predicted molar refractivity (Wildman–Crippen MR) is 127 cm³/mol. The molecule has 166 valence electrons. The van der Waals surface area contributed by atoms with Gasteiger partial charge in [-0.2, -0.15) is 0 Å². The van der Waals surface area contributed by atoms with Crippen LogP contribution in [0.4, 0.5) is 5.69 Å². The second-order valence-electron chi connectivity index (χ2n) is 7.73. The lowest BCUT2D eigenvalue weighted by molar-refractivity contribution is -0.148. The average molecular weight is 433 g/mol. The van der Waals surface area contributed by atoms with Crippen LogP contribution in [-0.4, -0.2) is 28.8 Å². The molecule has 3 N–H and O–H groups in total. The van der Waals surface area contributed by atoms with Gasteiger partial charge in [0.05, 0.1) is 17.1 Å². The molecule has 2 aromatic carbocycles. The number of rotatable bonds is 7. The lowest BCUT2D eigenvalue weighted by atomic mass is 10.2. The van der Waals surface area contributed by atoms with Crippen molar-refractivity contribution in [3.05, 3.63) is 77.2 Å². The van der Waals surface area contributed by atoms with E-state index in [1.165, 1.54) is 0 Å². The number of aryl methyl sites for hydroxylation is 2. The van der Waals surface area contributed by atoms with Crippen LogP contribution in [0.3, 0.4) is 0 Å². The Balaban J connectivity index is 1.61. The maximum Gasteiger partial charge on any atom is 0.326 e. The molecule has 0 unspecified atom stereocenters. The Labute approximate surface area is 187 Å². The number of aromatic nitrogens is 1. The number of ether oxygens (including phenoxy) is 1. The van der Waals surface area contributed by atoms with Gasteiger partial charge in [0.25, 0.3) is 5.91 Å². The first-order valence-corrected chi connectivity index (χ1v) is 10.3. The molecule has 0 fully saturated rings. The Hall–Kier alpha value is -3.87. The van der Waals surface area contributed by atoms with Gasteiger partial charge in [0.2, 0.25) is 0 Å². The summed E-state index contributed by atoms with van der Waals surface area (Å²) in [6, 6.07) is 17.5. The molecule has 0 aliphatic rings. The van der Waals surface area contributed by atoms with Gasteiger partial charge in [-0.25, -0.2) is 0 Å². The largest absolute Gasteiger partial charge is 0.454 e. The summed E-state index contributed by atoms with van der Waals surface area (Å²) >= 11 is 0. The molecule has 3 aromatic rings. The van der Waals surface area contributed by atoms with Crippen LogP contribution in [0.5, 0.6) is 0 Å². The minimum atomic E-state index is -0.496. The fourth-order valence-electron chi connectivity index (χ4n) is 3.40. The van der Waals surface area contributed by atoms with Crippen LogP contribution in [-0.2, 0) is 20.9 Å². The number of nitrogens with two attached hydrogens (primary N) is 1. The first-order valence-electron chi connectivity index (χ1n) is 10.3. The smallest absolute Gasteiger partial charge is 0.326 e. The Morgan fingerprint density at radius 1 is 1.06 bits per heavy atom. The molecule has 0 bridgehead atoms.